The van der Waals surface area contributed by atoms with Gasteiger partial charge in [0.05, 0.1) is 7.11 Å². The van der Waals surface area contributed by atoms with Crippen LogP contribution in [0.3, 0.4) is 0 Å². The Morgan fingerprint density at radius 1 is 1.06 bits per heavy atom. The smallest absolute Gasteiger partial charge is 0.119 e. The van der Waals surface area contributed by atoms with E-state index in [0.29, 0.717) is 5.88 Å². The van der Waals surface area contributed by atoms with Crippen molar-refractivity contribution in [3.63, 3.8) is 0 Å². The Bertz CT molecular complexity index is 702. The van der Waals surface area contributed by atoms with E-state index in [4.69, 9.17) is 16.3 Å². The molecule has 18 heavy (non-hydrogen) atoms. The van der Waals surface area contributed by atoms with Crippen LogP contribution in [0.2, 0.25) is 0 Å². The first-order chi connectivity index (χ1) is 8.85. The van der Waals surface area contributed by atoms with Crippen LogP contribution in [0.15, 0.2) is 42.5 Å². The van der Waals surface area contributed by atoms with E-state index in [1.165, 1.54) is 21.8 Å². The summed E-state index contributed by atoms with van der Waals surface area (Å²) in [5, 5.41) is 2.46. The molecule has 1 heterocycles. The zero-order chi connectivity index (χ0) is 12.5. The number of rotatable bonds is 3. The van der Waals surface area contributed by atoms with Gasteiger partial charge in [0, 0.05) is 34.2 Å². The largest absolute Gasteiger partial charge is 0.497 e. The topological polar surface area (TPSA) is 14.2 Å². The summed E-state index contributed by atoms with van der Waals surface area (Å²) in [6.07, 6.45) is 0. The molecule has 0 aliphatic carbocycles. The summed E-state index contributed by atoms with van der Waals surface area (Å²) in [6, 6.07) is 14.6. The lowest BCUT2D eigenvalue weighted by Crippen LogP contribution is -1.98. The minimum Gasteiger partial charge on any atom is -0.497 e. The highest BCUT2D eigenvalue weighted by molar-refractivity contribution is 6.18. The highest BCUT2D eigenvalue weighted by Gasteiger charge is 2.10. The van der Waals surface area contributed by atoms with Crippen LogP contribution in [0.1, 0.15) is 0 Å². The Kier molecular flexibility index (Phi) is 2.88. The van der Waals surface area contributed by atoms with Gasteiger partial charge in [-0.15, -0.1) is 11.6 Å². The van der Waals surface area contributed by atoms with E-state index in [2.05, 4.69) is 41.0 Å². The summed E-state index contributed by atoms with van der Waals surface area (Å²) in [7, 11) is 1.69. The van der Waals surface area contributed by atoms with Crippen molar-refractivity contribution in [3.8, 4) is 5.75 Å². The fourth-order valence-electron chi connectivity index (χ4n) is 2.49. The molecule has 0 amide bonds. The van der Waals surface area contributed by atoms with Crippen molar-refractivity contribution >= 4 is 33.4 Å². The molecule has 92 valence electrons. The molecule has 0 saturated heterocycles. The van der Waals surface area contributed by atoms with Crippen LogP contribution in [0, 0.1) is 0 Å². The van der Waals surface area contributed by atoms with Crippen molar-refractivity contribution in [1.82, 2.24) is 4.57 Å². The van der Waals surface area contributed by atoms with E-state index in [9.17, 15) is 0 Å². The van der Waals surface area contributed by atoms with Gasteiger partial charge < -0.3 is 9.30 Å². The molecule has 0 unspecified atom stereocenters. The summed E-state index contributed by atoms with van der Waals surface area (Å²) >= 11 is 5.91. The molecule has 0 radical (unpaired) electrons. The van der Waals surface area contributed by atoms with E-state index in [1.807, 2.05) is 6.07 Å². The number of para-hydroxylation sites is 1. The van der Waals surface area contributed by atoms with Gasteiger partial charge in [0.15, 0.2) is 0 Å². The predicted octanol–water partition coefficient (Wildman–Crippen LogP) is 4.04. The van der Waals surface area contributed by atoms with Crippen LogP contribution in [-0.4, -0.2) is 17.6 Å². The monoisotopic (exact) mass is 259 g/mol. The molecule has 2 aromatic carbocycles. The lowest BCUT2D eigenvalue weighted by molar-refractivity contribution is 0.415. The molecule has 0 aliphatic rings. The van der Waals surface area contributed by atoms with Crippen LogP contribution in [0.5, 0.6) is 5.75 Å². The number of benzene rings is 2. The van der Waals surface area contributed by atoms with Crippen LogP contribution in [0.25, 0.3) is 21.8 Å². The van der Waals surface area contributed by atoms with Crippen LogP contribution in [0.4, 0.5) is 0 Å². The second-order valence-corrected chi connectivity index (χ2v) is 4.62. The molecular weight excluding hydrogens is 246 g/mol. The molecule has 0 fully saturated rings. The van der Waals surface area contributed by atoms with Crippen LogP contribution < -0.4 is 4.74 Å². The maximum atomic E-state index is 5.91. The molecule has 3 aromatic rings. The van der Waals surface area contributed by atoms with Gasteiger partial charge in [-0.25, -0.2) is 0 Å². The number of aryl methyl sites for hydroxylation is 1. The summed E-state index contributed by atoms with van der Waals surface area (Å²) in [5.74, 6) is 1.50. The van der Waals surface area contributed by atoms with Gasteiger partial charge in [0.1, 0.15) is 5.75 Å². The molecule has 0 spiro atoms. The fourth-order valence-corrected chi connectivity index (χ4v) is 2.65. The predicted molar refractivity (Wildman–Crippen MR) is 76.7 cm³/mol. The number of hydrogen-bond acceptors (Lipinski definition) is 1. The fraction of sp³-hybridized carbons (Fsp3) is 0.200. The van der Waals surface area contributed by atoms with Crippen molar-refractivity contribution in [2.45, 2.75) is 6.54 Å². The van der Waals surface area contributed by atoms with E-state index in [0.717, 1.165) is 12.3 Å². The van der Waals surface area contributed by atoms with Gasteiger partial charge in [-0.3, -0.25) is 0 Å². The SMILES string of the molecule is COc1ccc2c(c1)c1ccccc1n2CCCl. The number of halogens is 1. The van der Waals surface area contributed by atoms with Gasteiger partial charge in [0.25, 0.3) is 0 Å². The van der Waals surface area contributed by atoms with E-state index in [1.54, 1.807) is 7.11 Å². The molecule has 1 aromatic heterocycles. The van der Waals surface area contributed by atoms with Crippen molar-refractivity contribution < 1.29 is 4.74 Å². The summed E-state index contributed by atoms with van der Waals surface area (Å²) in [4.78, 5) is 0. The van der Waals surface area contributed by atoms with Crippen LogP contribution >= 0.6 is 11.6 Å². The van der Waals surface area contributed by atoms with Gasteiger partial charge >= 0.3 is 0 Å². The maximum Gasteiger partial charge on any atom is 0.119 e. The van der Waals surface area contributed by atoms with E-state index in [-0.39, 0.29) is 0 Å². The van der Waals surface area contributed by atoms with E-state index >= 15 is 0 Å². The number of fused-ring (bicyclic) bond motifs is 3. The van der Waals surface area contributed by atoms with Crippen molar-refractivity contribution in [2.24, 2.45) is 0 Å². The van der Waals surface area contributed by atoms with Crippen molar-refractivity contribution in [2.75, 3.05) is 13.0 Å². The maximum absolute atomic E-state index is 5.91. The number of nitrogens with zero attached hydrogens (tertiary/aromatic N) is 1. The van der Waals surface area contributed by atoms with Crippen molar-refractivity contribution in [3.05, 3.63) is 42.5 Å². The Hall–Kier alpha value is -1.67. The normalized spacial score (nSPS) is 11.2. The molecular formula is C15H14ClNO. The van der Waals surface area contributed by atoms with Gasteiger partial charge in [-0.05, 0) is 24.3 Å². The second kappa shape index (κ2) is 4.54. The zero-order valence-electron chi connectivity index (χ0n) is 10.2. The highest BCUT2D eigenvalue weighted by Crippen LogP contribution is 2.31. The first-order valence-corrected chi connectivity index (χ1v) is 6.49. The lowest BCUT2D eigenvalue weighted by Gasteiger charge is -2.04. The molecule has 0 bridgehead atoms. The Balaban J connectivity index is 2.41. The van der Waals surface area contributed by atoms with E-state index < -0.39 is 0 Å². The van der Waals surface area contributed by atoms with Crippen molar-refractivity contribution in [1.29, 1.82) is 0 Å². The molecule has 0 aliphatic heterocycles. The molecule has 3 rings (SSSR count). The standard InChI is InChI=1S/C15H14ClNO/c1-18-11-6-7-15-13(10-11)12-4-2-3-5-14(12)17(15)9-8-16/h2-7,10H,8-9H2,1H3. The number of hydrogen-bond donors (Lipinski definition) is 0. The number of aromatic nitrogens is 1. The first-order valence-electron chi connectivity index (χ1n) is 5.96. The summed E-state index contributed by atoms with van der Waals surface area (Å²) < 4.78 is 7.57. The Morgan fingerprint density at radius 2 is 1.83 bits per heavy atom. The average molecular weight is 260 g/mol. The average Bonchev–Trinajstić information content (AvgIpc) is 2.74. The van der Waals surface area contributed by atoms with Gasteiger partial charge in [-0.2, -0.15) is 0 Å². The third-order valence-corrected chi connectivity index (χ3v) is 3.46. The molecule has 2 nitrogen and oxygen atoms in total. The quantitative estimate of drug-likeness (QED) is 0.648. The highest BCUT2D eigenvalue weighted by atomic mass is 35.5. The first kappa shape index (κ1) is 11.4. The minimum absolute atomic E-state index is 0.611. The third kappa shape index (κ3) is 1.65. The summed E-state index contributed by atoms with van der Waals surface area (Å²) in [6.45, 7) is 0.817. The minimum atomic E-state index is 0.611. The zero-order valence-corrected chi connectivity index (χ0v) is 10.9. The second-order valence-electron chi connectivity index (χ2n) is 4.24. The number of ether oxygens (including phenoxy) is 1. The third-order valence-electron chi connectivity index (χ3n) is 3.29. The van der Waals surface area contributed by atoms with Crippen LogP contribution in [-0.2, 0) is 6.54 Å². The Labute approximate surface area is 111 Å². The molecule has 0 saturated carbocycles. The van der Waals surface area contributed by atoms with Gasteiger partial charge in [-0.1, -0.05) is 18.2 Å². The molecule has 3 heteroatoms. The number of methoxy groups -OCH3 is 1. The lowest BCUT2D eigenvalue weighted by atomic mass is 10.1. The summed E-state index contributed by atoms with van der Waals surface area (Å²) in [5.41, 5.74) is 2.43. The molecule has 0 atom stereocenters. The Morgan fingerprint density at radius 3 is 2.61 bits per heavy atom. The number of alkyl halides is 1. The molecule has 0 N–H and O–H groups in total. The van der Waals surface area contributed by atoms with Gasteiger partial charge in [0.2, 0.25) is 0 Å².